The van der Waals surface area contributed by atoms with E-state index in [1.54, 1.807) is 20.0 Å². The standard InChI is InChI=1S/C12H17FN2O2/c1-3-17-11-5-4-9(8-10(11)13)15(2)12(16)6-7-14/h4-5,8H,3,6-7,14H2,1-2H3. The Bertz CT molecular complexity index is 396. The zero-order chi connectivity index (χ0) is 12.8. The number of carbonyl (C=O) groups excluding carboxylic acids is 1. The zero-order valence-corrected chi connectivity index (χ0v) is 10.1. The van der Waals surface area contributed by atoms with E-state index in [1.807, 2.05) is 0 Å². The van der Waals surface area contributed by atoms with Crippen LogP contribution >= 0.6 is 0 Å². The minimum Gasteiger partial charge on any atom is -0.491 e. The molecule has 1 rings (SSSR count). The molecule has 0 saturated heterocycles. The number of rotatable bonds is 5. The van der Waals surface area contributed by atoms with E-state index in [9.17, 15) is 9.18 Å². The largest absolute Gasteiger partial charge is 0.491 e. The molecule has 94 valence electrons. The van der Waals surface area contributed by atoms with Crippen LogP contribution in [0.1, 0.15) is 13.3 Å². The Hall–Kier alpha value is -1.62. The molecule has 4 nitrogen and oxygen atoms in total. The molecule has 0 unspecified atom stereocenters. The summed E-state index contributed by atoms with van der Waals surface area (Å²) in [6.45, 7) is 2.46. The molecule has 0 aliphatic rings. The lowest BCUT2D eigenvalue weighted by atomic mass is 10.2. The van der Waals surface area contributed by atoms with Crippen molar-refractivity contribution < 1.29 is 13.9 Å². The second-order valence-corrected chi connectivity index (χ2v) is 3.54. The highest BCUT2D eigenvalue weighted by atomic mass is 19.1. The summed E-state index contributed by atoms with van der Waals surface area (Å²) in [5, 5.41) is 0. The maximum absolute atomic E-state index is 13.6. The van der Waals surface area contributed by atoms with Crippen LogP contribution in [0.25, 0.3) is 0 Å². The maximum Gasteiger partial charge on any atom is 0.227 e. The van der Waals surface area contributed by atoms with Gasteiger partial charge in [0.25, 0.3) is 0 Å². The molecular weight excluding hydrogens is 223 g/mol. The third-order valence-electron chi connectivity index (χ3n) is 2.33. The Morgan fingerprint density at radius 1 is 1.53 bits per heavy atom. The summed E-state index contributed by atoms with van der Waals surface area (Å²) in [6, 6.07) is 4.43. The Labute approximate surface area is 100 Å². The van der Waals surface area contributed by atoms with E-state index >= 15 is 0 Å². The number of halogens is 1. The van der Waals surface area contributed by atoms with Crippen molar-refractivity contribution in [1.29, 1.82) is 0 Å². The highest BCUT2D eigenvalue weighted by Crippen LogP contribution is 2.23. The number of nitrogens with zero attached hydrogens (tertiary/aromatic N) is 1. The summed E-state index contributed by atoms with van der Waals surface area (Å²) in [4.78, 5) is 12.9. The molecule has 1 aromatic rings. The van der Waals surface area contributed by atoms with Crippen molar-refractivity contribution in [3.8, 4) is 5.75 Å². The number of ether oxygens (including phenoxy) is 1. The second-order valence-electron chi connectivity index (χ2n) is 3.54. The molecule has 0 bridgehead atoms. The van der Waals surface area contributed by atoms with Gasteiger partial charge in [-0.2, -0.15) is 0 Å². The summed E-state index contributed by atoms with van der Waals surface area (Å²) in [5.41, 5.74) is 5.79. The van der Waals surface area contributed by atoms with Gasteiger partial charge in [0.15, 0.2) is 11.6 Å². The number of amides is 1. The molecule has 17 heavy (non-hydrogen) atoms. The van der Waals surface area contributed by atoms with Crippen molar-refractivity contribution in [3.63, 3.8) is 0 Å². The minimum absolute atomic E-state index is 0.143. The Balaban J connectivity index is 2.85. The monoisotopic (exact) mass is 240 g/mol. The van der Waals surface area contributed by atoms with Crippen molar-refractivity contribution in [2.75, 3.05) is 25.1 Å². The van der Waals surface area contributed by atoms with Crippen molar-refractivity contribution in [3.05, 3.63) is 24.0 Å². The van der Waals surface area contributed by atoms with E-state index in [-0.39, 0.29) is 24.6 Å². The second kappa shape index (κ2) is 6.20. The van der Waals surface area contributed by atoms with Crippen LogP contribution in [0.2, 0.25) is 0 Å². The number of hydrogen-bond acceptors (Lipinski definition) is 3. The molecule has 0 saturated carbocycles. The molecule has 0 aromatic heterocycles. The molecule has 5 heteroatoms. The summed E-state index contributed by atoms with van der Waals surface area (Å²) >= 11 is 0. The van der Waals surface area contributed by atoms with Crippen LogP contribution in [0.5, 0.6) is 5.75 Å². The molecule has 0 fully saturated rings. The van der Waals surface area contributed by atoms with Gasteiger partial charge in [0.05, 0.1) is 6.61 Å². The van der Waals surface area contributed by atoms with Crippen LogP contribution in [-0.2, 0) is 4.79 Å². The van der Waals surface area contributed by atoms with Gasteiger partial charge in [0, 0.05) is 31.8 Å². The molecule has 0 heterocycles. The molecule has 0 aliphatic carbocycles. The SMILES string of the molecule is CCOc1ccc(N(C)C(=O)CCN)cc1F. The fourth-order valence-corrected chi connectivity index (χ4v) is 1.41. The van der Waals surface area contributed by atoms with Gasteiger partial charge < -0.3 is 15.4 Å². The van der Waals surface area contributed by atoms with E-state index in [1.165, 1.54) is 17.0 Å². The van der Waals surface area contributed by atoms with E-state index < -0.39 is 5.82 Å². The van der Waals surface area contributed by atoms with Crippen LogP contribution in [0, 0.1) is 5.82 Å². The fraction of sp³-hybridized carbons (Fsp3) is 0.417. The highest BCUT2D eigenvalue weighted by molar-refractivity contribution is 5.92. The normalized spacial score (nSPS) is 10.1. The molecule has 0 atom stereocenters. The van der Waals surface area contributed by atoms with Crippen molar-refractivity contribution in [1.82, 2.24) is 0 Å². The predicted octanol–water partition coefficient (Wildman–Crippen LogP) is 1.54. The van der Waals surface area contributed by atoms with E-state index in [0.717, 1.165) is 0 Å². The van der Waals surface area contributed by atoms with Gasteiger partial charge in [-0.1, -0.05) is 0 Å². The first-order chi connectivity index (χ1) is 8.10. The van der Waals surface area contributed by atoms with Crippen molar-refractivity contribution in [2.45, 2.75) is 13.3 Å². The number of anilines is 1. The fourth-order valence-electron chi connectivity index (χ4n) is 1.41. The molecule has 1 amide bonds. The highest BCUT2D eigenvalue weighted by Gasteiger charge is 2.12. The smallest absolute Gasteiger partial charge is 0.227 e. The average Bonchev–Trinajstić information content (AvgIpc) is 2.31. The summed E-state index contributed by atoms with van der Waals surface area (Å²) in [6.07, 6.45) is 0.241. The lowest BCUT2D eigenvalue weighted by Crippen LogP contribution is -2.28. The van der Waals surface area contributed by atoms with Gasteiger partial charge in [0.2, 0.25) is 5.91 Å². The van der Waals surface area contributed by atoms with Gasteiger partial charge in [-0.3, -0.25) is 4.79 Å². The van der Waals surface area contributed by atoms with Crippen LogP contribution < -0.4 is 15.4 Å². The van der Waals surface area contributed by atoms with E-state index in [4.69, 9.17) is 10.5 Å². The first kappa shape index (κ1) is 13.4. The number of hydrogen-bond donors (Lipinski definition) is 1. The lowest BCUT2D eigenvalue weighted by Gasteiger charge is -2.17. The molecule has 2 N–H and O–H groups in total. The first-order valence-corrected chi connectivity index (χ1v) is 5.49. The van der Waals surface area contributed by atoms with Crippen LogP contribution in [0.3, 0.4) is 0 Å². The van der Waals surface area contributed by atoms with Crippen LogP contribution in [-0.4, -0.2) is 26.1 Å². The van der Waals surface area contributed by atoms with Crippen LogP contribution in [0.4, 0.5) is 10.1 Å². The van der Waals surface area contributed by atoms with Crippen LogP contribution in [0.15, 0.2) is 18.2 Å². The van der Waals surface area contributed by atoms with Gasteiger partial charge in [0.1, 0.15) is 0 Å². The van der Waals surface area contributed by atoms with E-state index in [2.05, 4.69) is 0 Å². The van der Waals surface area contributed by atoms with Crippen molar-refractivity contribution >= 4 is 11.6 Å². The minimum atomic E-state index is -0.475. The molecule has 0 radical (unpaired) electrons. The lowest BCUT2D eigenvalue weighted by molar-refractivity contribution is -0.118. The Morgan fingerprint density at radius 3 is 2.76 bits per heavy atom. The molecule has 0 aliphatic heterocycles. The molecule has 0 spiro atoms. The Kier molecular flexibility index (Phi) is 4.90. The molecule has 1 aromatic carbocycles. The summed E-state index contributed by atoms with van der Waals surface area (Å²) in [5.74, 6) is -0.427. The number of carbonyl (C=O) groups is 1. The number of benzene rings is 1. The average molecular weight is 240 g/mol. The van der Waals surface area contributed by atoms with Crippen molar-refractivity contribution in [2.24, 2.45) is 5.73 Å². The van der Waals surface area contributed by atoms with Gasteiger partial charge >= 0.3 is 0 Å². The van der Waals surface area contributed by atoms with Gasteiger partial charge in [-0.05, 0) is 19.1 Å². The van der Waals surface area contributed by atoms with Gasteiger partial charge in [-0.15, -0.1) is 0 Å². The zero-order valence-electron chi connectivity index (χ0n) is 10.1. The number of nitrogens with two attached hydrogens (primary N) is 1. The summed E-state index contributed by atoms with van der Waals surface area (Å²) in [7, 11) is 1.59. The summed E-state index contributed by atoms with van der Waals surface area (Å²) < 4.78 is 18.6. The van der Waals surface area contributed by atoms with Gasteiger partial charge in [-0.25, -0.2) is 4.39 Å². The first-order valence-electron chi connectivity index (χ1n) is 5.49. The molecular formula is C12H17FN2O2. The van der Waals surface area contributed by atoms with E-state index in [0.29, 0.717) is 12.3 Å². The quantitative estimate of drug-likeness (QED) is 0.849. The topological polar surface area (TPSA) is 55.6 Å². The predicted molar refractivity (Wildman–Crippen MR) is 64.7 cm³/mol. The Morgan fingerprint density at radius 2 is 2.24 bits per heavy atom. The third-order valence-corrected chi connectivity index (χ3v) is 2.33. The third kappa shape index (κ3) is 3.42. The maximum atomic E-state index is 13.6.